The summed E-state index contributed by atoms with van der Waals surface area (Å²) in [4.78, 5) is 35.4. The molecular formula is C20H35N3O6. The Balaban J connectivity index is 1.79. The van der Waals surface area contributed by atoms with Crippen LogP contribution in [0, 0.1) is 16.0 Å². The van der Waals surface area contributed by atoms with Crippen LogP contribution in [0.25, 0.3) is 0 Å². The summed E-state index contributed by atoms with van der Waals surface area (Å²) >= 11 is 0. The van der Waals surface area contributed by atoms with Crippen LogP contribution in [0.15, 0.2) is 0 Å². The van der Waals surface area contributed by atoms with Gasteiger partial charge in [-0.3, -0.25) is 10.1 Å². The van der Waals surface area contributed by atoms with Crippen molar-refractivity contribution in [3.63, 3.8) is 0 Å². The zero-order valence-electron chi connectivity index (χ0n) is 17.2. The van der Waals surface area contributed by atoms with Crippen LogP contribution in [0.3, 0.4) is 0 Å². The normalized spacial score (nSPS) is 23.8. The van der Waals surface area contributed by atoms with Crippen LogP contribution in [-0.4, -0.2) is 48.3 Å². The van der Waals surface area contributed by atoms with Crippen LogP contribution in [0.2, 0.25) is 0 Å². The number of carbonyl (C=O) groups is 2. The molecule has 9 nitrogen and oxygen atoms in total. The van der Waals surface area contributed by atoms with Crippen molar-refractivity contribution in [1.29, 1.82) is 0 Å². The molecule has 1 unspecified atom stereocenters. The topological polar surface area (TPSA) is 134 Å². The minimum Gasteiger partial charge on any atom is -0.461 e. The van der Waals surface area contributed by atoms with E-state index in [2.05, 4.69) is 5.32 Å². The van der Waals surface area contributed by atoms with Gasteiger partial charge in [0.2, 0.25) is 6.04 Å². The van der Waals surface area contributed by atoms with Crippen molar-refractivity contribution in [3.8, 4) is 0 Å². The summed E-state index contributed by atoms with van der Waals surface area (Å²) in [6.07, 6.45) is 8.40. The quantitative estimate of drug-likeness (QED) is 0.243. The Labute approximate surface area is 172 Å². The Kier molecular flexibility index (Phi) is 10.2. The van der Waals surface area contributed by atoms with E-state index in [0.717, 1.165) is 19.3 Å². The number of nitrogens with two attached hydrogens (primary N) is 1. The summed E-state index contributed by atoms with van der Waals surface area (Å²) in [5, 5.41) is 13.5. The maximum absolute atomic E-state index is 12.6. The molecule has 29 heavy (non-hydrogen) atoms. The number of hydrogen-bond acceptors (Lipinski definition) is 7. The lowest BCUT2D eigenvalue weighted by molar-refractivity contribution is -0.527. The number of esters is 1. The van der Waals surface area contributed by atoms with E-state index >= 15 is 0 Å². The van der Waals surface area contributed by atoms with Gasteiger partial charge in [0.25, 0.3) is 0 Å². The van der Waals surface area contributed by atoms with Crippen LogP contribution < -0.4 is 11.1 Å². The van der Waals surface area contributed by atoms with Gasteiger partial charge in [-0.25, -0.2) is 9.59 Å². The van der Waals surface area contributed by atoms with Crippen molar-refractivity contribution in [2.45, 2.75) is 95.2 Å². The van der Waals surface area contributed by atoms with Crippen LogP contribution in [-0.2, 0) is 14.3 Å². The van der Waals surface area contributed by atoms with E-state index in [9.17, 15) is 19.7 Å². The van der Waals surface area contributed by atoms with E-state index in [1.807, 2.05) is 0 Å². The zero-order valence-corrected chi connectivity index (χ0v) is 17.2. The Morgan fingerprint density at radius 3 is 2.38 bits per heavy atom. The minimum absolute atomic E-state index is 0.266. The van der Waals surface area contributed by atoms with E-state index < -0.39 is 24.1 Å². The van der Waals surface area contributed by atoms with E-state index in [0.29, 0.717) is 57.6 Å². The fraction of sp³-hybridized carbons (Fsp3) is 0.900. The molecule has 0 saturated heterocycles. The van der Waals surface area contributed by atoms with Crippen molar-refractivity contribution >= 4 is 12.1 Å². The molecule has 2 aliphatic rings. The van der Waals surface area contributed by atoms with Crippen molar-refractivity contribution in [2.75, 3.05) is 13.2 Å². The second-order valence-corrected chi connectivity index (χ2v) is 8.24. The van der Waals surface area contributed by atoms with Crippen molar-refractivity contribution in [1.82, 2.24) is 5.32 Å². The molecule has 1 atom stereocenters. The van der Waals surface area contributed by atoms with Gasteiger partial charge in [0.05, 0.1) is 6.61 Å². The number of nitrogens with zero attached hydrogens (tertiary/aromatic N) is 1. The predicted octanol–water partition coefficient (Wildman–Crippen LogP) is 2.92. The number of hydrogen-bond donors (Lipinski definition) is 2. The third-order valence-corrected chi connectivity index (χ3v) is 5.92. The molecule has 0 aliphatic heterocycles. The summed E-state index contributed by atoms with van der Waals surface area (Å²) in [5.74, 6) is -0.102. The first kappa shape index (κ1) is 23.4. The van der Waals surface area contributed by atoms with Crippen LogP contribution in [0.4, 0.5) is 4.79 Å². The average Bonchev–Trinajstić information content (AvgIpc) is 2.72. The largest absolute Gasteiger partial charge is 0.461 e. The molecule has 9 heteroatoms. The summed E-state index contributed by atoms with van der Waals surface area (Å²) in [6.45, 7) is 0.889. The van der Waals surface area contributed by atoms with Gasteiger partial charge in [-0.15, -0.1) is 0 Å². The molecular weight excluding hydrogens is 378 g/mol. The van der Waals surface area contributed by atoms with Crippen LogP contribution >= 0.6 is 0 Å². The van der Waals surface area contributed by atoms with Crippen molar-refractivity contribution in [3.05, 3.63) is 10.1 Å². The SMILES string of the molecule is NCCCCC(NC(=O)OCC1CCCCC1)C(=O)OC1CCC([N+](=O)[O-])CC1. The van der Waals surface area contributed by atoms with Crippen molar-refractivity contribution in [2.24, 2.45) is 11.7 Å². The zero-order chi connectivity index (χ0) is 21.1. The second kappa shape index (κ2) is 12.6. The standard InChI is InChI=1S/C20H35N3O6/c21-13-5-4-8-18(22-20(25)28-14-15-6-2-1-3-7-15)19(24)29-17-11-9-16(10-12-17)23(26)27/h15-18H,1-14,21H2,(H,22,25). The van der Waals surface area contributed by atoms with E-state index in [1.165, 1.54) is 19.3 Å². The molecule has 3 N–H and O–H groups in total. The maximum atomic E-state index is 12.6. The number of nitrogens with one attached hydrogen (secondary N) is 1. The molecule has 0 aromatic carbocycles. The van der Waals surface area contributed by atoms with Gasteiger partial charge < -0.3 is 20.5 Å². The van der Waals surface area contributed by atoms with Crippen LogP contribution in [0.5, 0.6) is 0 Å². The molecule has 166 valence electrons. The minimum atomic E-state index is -0.784. The Morgan fingerprint density at radius 2 is 1.76 bits per heavy atom. The van der Waals surface area contributed by atoms with E-state index in [-0.39, 0.29) is 11.0 Å². The molecule has 0 bridgehead atoms. The first-order valence-electron chi connectivity index (χ1n) is 11.0. The van der Waals surface area contributed by atoms with Gasteiger partial charge in [-0.05, 0) is 57.4 Å². The number of alkyl carbamates (subject to hydrolysis) is 1. The van der Waals surface area contributed by atoms with Gasteiger partial charge in [0, 0.05) is 17.8 Å². The smallest absolute Gasteiger partial charge is 0.407 e. The Morgan fingerprint density at radius 1 is 1.07 bits per heavy atom. The third-order valence-electron chi connectivity index (χ3n) is 5.92. The number of nitro groups is 1. The molecule has 1 amide bonds. The lowest BCUT2D eigenvalue weighted by Gasteiger charge is -2.26. The third kappa shape index (κ3) is 8.55. The highest BCUT2D eigenvalue weighted by molar-refractivity contribution is 5.81. The summed E-state index contributed by atoms with van der Waals surface area (Å²) in [6, 6.07) is -1.34. The summed E-state index contributed by atoms with van der Waals surface area (Å²) in [7, 11) is 0. The molecule has 0 radical (unpaired) electrons. The highest BCUT2D eigenvalue weighted by Crippen LogP contribution is 2.25. The summed E-state index contributed by atoms with van der Waals surface area (Å²) < 4.78 is 10.9. The molecule has 0 aromatic heterocycles. The molecule has 2 aliphatic carbocycles. The van der Waals surface area contributed by atoms with Gasteiger partial charge >= 0.3 is 12.1 Å². The molecule has 0 spiro atoms. The highest BCUT2D eigenvalue weighted by Gasteiger charge is 2.32. The molecule has 2 saturated carbocycles. The van der Waals surface area contributed by atoms with E-state index in [4.69, 9.17) is 15.2 Å². The molecule has 0 aromatic rings. The predicted molar refractivity (Wildman–Crippen MR) is 107 cm³/mol. The van der Waals surface area contributed by atoms with Gasteiger partial charge in [-0.2, -0.15) is 0 Å². The Hall–Kier alpha value is -1.90. The highest BCUT2D eigenvalue weighted by atomic mass is 16.6. The van der Waals surface area contributed by atoms with Gasteiger partial charge in [-0.1, -0.05) is 19.3 Å². The van der Waals surface area contributed by atoms with Crippen LogP contribution in [0.1, 0.15) is 77.0 Å². The molecule has 2 fully saturated rings. The second-order valence-electron chi connectivity index (χ2n) is 8.24. The monoisotopic (exact) mass is 413 g/mol. The average molecular weight is 414 g/mol. The number of rotatable bonds is 10. The number of carbonyl (C=O) groups excluding carboxylic acids is 2. The fourth-order valence-corrected chi connectivity index (χ4v) is 4.09. The summed E-state index contributed by atoms with van der Waals surface area (Å²) in [5.41, 5.74) is 5.53. The molecule has 0 heterocycles. The van der Waals surface area contributed by atoms with Crippen molar-refractivity contribution < 1.29 is 24.0 Å². The van der Waals surface area contributed by atoms with Gasteiger partial charge in [0.1, 0.15) is 12.1 Å². The Bertz CT molecular complexity index is 530. The van der Waals surface area contributed by atoms with E-state index in [1.54, 1.807) is 0 Å². The number of amides is 1. The maximum Gasteiger partial charge on any atom is 0.407 e. The first-order chi connectivity index (χ1) is 14.0. The lowest BCUT2D eigenvalue weighted by Crippen LogP contribution is -2.44. The van der Waals surface area contributed by atoms with Gasteiger partial charge in [0.15, 0.2) is 0 Å². The fourth-order valence-electron chi connectivity index (χ4n) is 4.09. The number of ether oxygens (including phenoxy) is 2. The number of unbranched alkanes of at least 4 members (excludes halogenated alkanes) is 1. The lowest BCUT2D eigenvalue weighted by atomic mass is 9.90. The first-order valence-corrected chi connectivity index (χ1v) is 11.0. The molecule has 2 rings (SSSR count).